The minimum atomic E-state index is -2.98. The highest BCUT2D eigenvalue weighted by Gasteiger charge is 2.46. The number of aliphatic hydroxyl groups is 1. The fourth-order valence-electron chi connectivity index (χ4n) is 1.64. The van der Waals surface area contributed by atoms with Crippen LogP contribution in [0.5, 0.6) is 0 Å². The summed E-state index contributed by atoms with van der Waals surface area (Å²) in [7, 11) is 0. The number of urea groups is 1. The zero-order valence-corrected chi connectivity index (χ0v) is 11.2. The highest BCUT2D eigenvalue weighted by Crippen LogP contribution is 2.20. The van der Waals surface area contributed by atoms with Crippen molar-refractivity contribution in [3.8, 4) is 0 Å². The number of hydrogen-bond acceptors (Lipinski definition) is 4. The van der Waals surface area contributed by atoms with Crippen LogP contribution in [-0.4, -0.2) is 59.0 Å². The maximum atomic E-state index is 12.0. The van der Waals surface area contributed by atoms with Crippen LogP contribution in [0.3, 0.4) is 0 Å². The Kier molecular flexibility index (Phi) is 4.98. The zero-order valence-electron chi connectivity index (χ0n) is 11.2. The number of aliphatic hydroxyl groups excluding tert-OH is 1. The van der Waals surface area contributed by atoms with Gasteiger partial charge in [-0.2, -0.15) is 0 Å². The summed E-state index contributed by atoms with van der Waals surface area (Å²) in [6.07, 6.45) is -4.60. The van der Waals surface area contributed by atoms with Gasteiger partial charge in [0.2, 0.25) is 5.91 Å². The number of hydrogen-bond donors (Lipinski definition) is 3. The Bertz CT molecular complexity index is 418. The summed E-state index contributed by atoms with van der Waals surface area (Å²) < 4.78 is 24.1. The molecule has 1 rings (SSSR count). The Morgan fingerprint density at radius 2 is 2.10 bits per heavy atom. The summed E-state index contributed by atoms with van der Waals surface area (Å²) in [5, 5.41) is 13.3. The largest absolute Gasteiger partial charge is 0.385 e. The molecule has 1 aliphatic heterocycles. The van der Waals surface area contributed by atoms with Gasteiger partial charge in [0, 0.05) is 6.54 Å². The first-order valence-corrected chi connectivity index (χ1v) is 6.08. The van der Waals surface area contributed by atoms with Crippen molar-refractivity contribution in [1.82, 2.24) is 15.5 Å². The molecule has 0 aromatic heterocycles. The van der Waals surface area contributed by atoms with Crippen molar-refractivity contribution >= 4 is 17.8 Å². The third-order valence-corrected chi connectivity index (χ3v) is 3.15. The molecule has 20 heavy (non-hydrogen) atoms. The van der Waals surface area contributed by atoms with Crippen LogP contribution < -0.4 is 10.6 Å². The Morgan fingerprint density at radius 1 is 1.50 bits per heavy atom. The van der Waals surface area contributed by atoms with Gasteiger partial charge in [0.15, 0.2) is 0 Å². The van der Waals surface area contributed by atoms with Gasteiger partial charge in [-0.25, -0.2) is 13.6 Å². The number of imide groups is 1. The first-order chi connectivity index (χ1) is 9.21. The summed E-state index contributed by atoms with van der Waals surface area (Å²) in [6.45, 7) is 2.02. The predicted octanol–water partition coefficient (Wildman–Crippen LogP) is -0.551. The topological polar surface area (TPSA) is 98.7 Å². The van der Waals surface area contributed by atoms with Crippen LogP contribution in [0.25, 0.3) is 0 Å². The fraction of sp³-hybridized carbons (Fsp3) is 0.727. The van der Waals surface area contributed by atoms with E-state index in [9.17, 15) is 23.2 Å². The van der Waals surface area contributed by atoms with E-state index in [0.29, 0.717) is 11.3 Å². The summed E-state index contributed by atoms with van der Waals surface area (Å²) in [5.41, 5.74) is -1.06. The van der Waals surface area contributed by atoms with Gasteiger partial charge in [0.1, 0.15) is 18.2 Å². The third-order valence-electron chi connectivity index (χ3n) is 3.15. The predicted molar refractivity (Wildman–Crippen MR) is 64.0 cm³/mol. The van der Waals surface area contributed by atoms with Gasteiger partial charge in [-0.15, -0.1) is 0 Å². The Labute approximate surface area is 114 Å². The van der Waals surface area contributed by atoms with Crippen LogP contribution in [0, 0.1) is 0 Å². The van der Waals surface area contributed by atoms with Crippen LogP contribution in [0.1, 0.15) is 20.3 Å². The monoisotopic (exact) mass is 293 g/mol. The number of nitrogens with zero attached hydrogens (tertiary/aromatic N) is 1. The van der Waals surface area contributed by atoms with Gasteiger partial charge >= 0.3 is 6.03 Å². The van der Waals surface area contributed by atoms with E-state index in [1.165, 1.54) is 6.92 Å². The summed E-state index contributed by atoms with van der Waals surface area (Å²) >= 11 is 0. The molecule has 7 nitrogen and oxygen atoms in total. The van der Waals surface area contributed by atoms with E-state index in [-0.39, 0.29) is 0 Å². The van der Waals surface area contributed by atoms with Gasteiger partial charge < -0.3 is 15.7 Å². The lowest BCUT2D eigenvalue weighted by Gasteiger charge is -2.19. The second-order valence-electron chi connectivity index (χ2n) is 4.71. The second-order valence-corrected chi connectivity index (χ2v) is 4.71. The molecule has 1 aliphatic rings. The van der Waals surface area contributed by atoms with Crippen molar-refractivity contribution in [2.24, 2.45) is 0 Å². The molecule has 2 atom stereocenters. The Morgan fingerprint density at radius 3 is 2.55 bits per heavy atom. The average Bonchev–Trinajstić information content (AvgIpc) is 2.60. The van der Waals surface area contributed by atoms with Gasteiger partial charge in [0.05, 0.1) is 0 Å². The molecular weight excluding hydrogens is 276 g/mol. The number of amides is 4. The minimum Gasteiger partial charge on any atom is -0.385 e. The van der Waals surface area contributed by atoms with Gasteiger partial charge in [-0.05, 0) is 13.3 Å². The maximum Gasteiger partial charge on any atom is 0.325 e. The maximum absolute atomic E-state index is 12.0. The van der Waals surface area contributed by atoms with Crippen LogP contribution in [0.15, 0.2) is 0 Å². The number of nitrogens with one attached hydrogen (secondary N) is 2. The molecule has 1 saturated heterocycles. The molecule has 0 aromatic rings. The molecule has 3 N–H and O–H groups in total. The highest BCUT2D eigenvalue weighted by atomic mass is 19.3. The molecule has 0 aromatic carbocycles. The van der Waals surface area contributed by atoms with Crippen molar-refractivity contribution < 1.29 is 28.3 Å². The van der Waals surface area contributed by atoms with Gasteiger partial charge in [-0.1, -0.05) is 6.92 Å². The molecule has 0 spiro atoms. The van der Waals surface area contributed by atoms with Gasteiger partial charge in [-0.3, -0.25) is 14.5 Å². The average molecular weight is 293 g/mol. The number of carbonyl (C=O) groups excluding carboxylic acids is 3. The first kappa shape index (κ1) is 16.3. The molecular formula is C11H17F2N3O4. The molecule has 1 fully saturated rings. The molecule has 2 unspecified atom stereocenters. The molecule has 0 bridgehead atoms. The number of carbonyl (C=O) groups is 3. The summed E-state index contributed by atoms with van der Waals surface area (Å²) in [6, 6.07) is -0.705. The summed E-state index contributed by atoms with van der Waals surface area (Å²) in [5.74, 6) is -1.34. The van der Waals surface area contributed by atoms with Crippen molar-refractivity contribution in [3.63, 3.8) is 0 Å². The standard InChI is InChI=1S/C11H17F2N3O4/c1-3-11(2)9(19)16(10(20)15-11)5-7(18)14-4-6(17)8(12)13/h6,8,17H,3-5H2,1-2H3,(H,14,18)(H,15,20). The molecule has 4 amide bonds. The van der Waals surface area contributed by atoms with Crippen molar-refractivity contribution in [1.29, 1.82) is 0 Å². The Balaban J connectivity index is 2.54. The van der Waals surface area contributed by atoms with Crippen LogP contribution in [-0.2, 0) is 9.59 Å². The molecule has 9 heteroatoms. The lowest BCUT2D eigenvalue weighted by Crippen LogP contribution is -2.45. The lowest BCUT2D eigenvalue weighted by molar-refractivity contribution is -0.134. The van der Waals surface area contributed by atoms with E-state index >= 15 is 0 Å². The number of rotatable bonds is 6. The van der Waals surface area contributed by atoms with E-state index in [0.717, 1.165) is 0 Å². The van der Waals surface area contributed by atoms with Crippen LogP contribution in [0.4, 0.5) is 13.6 Å². The van der Waals surface area contributed by atoms with E-state index in [1.54, 1.807) is 6.92 Å². The quantitative estimate of drug-likeness (QED) is 0.572. The highest BCUT2D eigenvalue weighted by molar-refractivity contribution is 6.08. The van der Waals surface area contributed by atoms with Crippen molar-refractivity contribution in [2.75, 3.05) is 13.1 Å². The second kappa shape index (κ2) is 6.12. The molecule has 0 saturated carbocycles. The molecule has 1 heterocycles. The fourth-order valence-corrected chi connectivity index (χ4v) is 1.64. The molecule has 0 radical (unpaired) electrons. The zero-order chi connectivity index (χ0) is 15.5. The van der Waals surface area contributed by atoms with Crippen molar-refractivity contribution in [3.05, 3.63) is 0 Å². The van der Waals surface area contributed by atoms with Gasteiger partial charge in [0.25, 0.3) is 12.3 Å². The van der Waals surface area contributed by atoms with Crippen LogP contribution in [0.2, 0.25) is 0 Å². The molecule has 0 aliphatic carbocycles. The minimum absolute atomic E-state index is 0.361. The SMILES string of the molecule is CCC1(C)NC(=O)N(CC(=O)NCC(O)C(F)F)C1=O. The Hall–Kier alpha value is -1.77. The number of alkyl halides is 2. The normalized spacial score (nSPS) is 24.0. The third kappa shape index (κ3) is 3.41. The summed E-state index contributed by atoms with van der Waals surface area (Å²) in [4.78, 5) is 35.7. The van der Waals surface area contributed by atoms with E-state index in [1.807, 2.05) is 5.32 Å². The van der Waals surface area contributed by atoms with E-state index < -0.39 is 49.0 Å². The van der Waals surface area contributed by atoms with Crippen molar-refractivity contribution in [2.45, 2.75) is 38.3 Å². The lowest BCUT2D eigenvalue weighted by atomic mass is 9.99. The van der Waals surface area contributed by atoms with E-state index in [2.05, 4.69) is 5.32 Å². The first-order valence-electron chi connectivity index (χ1n) is 6.08. The molecule has 114 valence electrons. The van der Waals surface area contributed by atoms with Crippen LogP contribution >= 0.6 is 0 Å². The number of halogens is 2. The van der Waals surface area contributed by atoms with E-state index in [4.69, 9.17) is 5.11 Å². The smallest absolute Gasteiger partial charge is 0.325 e.